The van der Waals surface area contributed by atoms with Gasteiger partial charge >= 0.3 is 5.97 Å². The number of H-pyrrole nitrogens is 1. The number of benzene rings is 1. The van der Waals surface area contributed by atoms with Gasteiger partial charge in [0.15, 0.2) is 23.1 Å². The number of aromatic nitrogens is 2. The van der Waals surface area contributed by atoms with Crippen LogP contribution in [0.25, 0.3) is 22.2 Å². The van der Waals surface area contributed by atoms with Gasteiger partial charge in [0, 0.05) is 23.2 Å². The quantitative estimate of drug-likeness (QED) is 0.761. The fourth-order valence-corrected chi connectivity index (χ4v) is 2.07. The normalized spacial score (nSPS) is 11.0. The van der Waals surface area contributed by atoms with E-state index in [0.29, 0.717) is 11.5 Å². The molecule has 0 unspecified atom stereocenters. The number of halogens is 3. The van der Waals surface area contributed by atoms with E-state index in [1.165, 1.54) is 12.3 Å². The number of nitrogens with one attached hydrogen (secondary N) is 1. The molecule has 3 rings (SSSR count). The van der Waals surface area contributed by atoms with Gasteiger partial charge in [0.1, 0.15) is 0 Å². The van der Waals surface area contributed by atoms with Gasteiger partial charge in [-0.2, -0.15) is 0 Å². The van der Waals surface area contributed by atoms with Crippen molar-refractivity contribution in [3.8, 4) is 11.3 Å². The number of carbonyl (C=O) groups is 1. The average molecular weight is 292 g/mol. The Bertz CT molecular complexity index is 874. The van der Waals surface area contributed by atoms with Crippen LogP contribution in [0.3, 0.4) is 0 Å². The maximum absolute atomic E-state index is 14.3. The number of nitrogens with zero attached hydrogens (tertiary/aromatic N) is 1. The lowest BCUT2D eigenvalue weighted by Gasteiger charge is -2.06. The van der Waals surface area contributed by atoms with Crippen LogP contribution < -0.4 is 0 Å². The number of pyridine rings is 1. The Morgan fingerprint density at radius 1 is 1.14 bits per heavy atom. The van der Waals surface area contributed by atoms with Gasteiger partial charge < -0.3 is 10.1 Å². The molecule has 0 aliphatic heterocycles. The summed E-state index contributed by atoms with van der Waals surface area (Å²) in [4.78, 5) is 17.0. The van der Waals surface area contributed by atoms with E-state index in [4.69, 9.17) is 5.11 Å². The molecule has 0 radical (unpaired) electrons. The summed E-state index contributed by atoms with van der Waals surface area (Å²) in [6.07, 6.45) is 1.53. The summed E-state index contributed by atoms with van der Waals surface area (Å²) in [5.41, 5.74) is -1.32. The largest absolute Gasteiger partial charge is 0.476 e. The predicted molar refractivity (Wildman–Crippen MR) is 68.4 cm³/mol. The molecule has 0 amide bonds. The molecule has 21 heavy (non-hydrogen) atoms. The van der Waals surface area contributed by atoms with Crippen LogP contribution in [0.4, 0.5) is 13.2 Å². The summed E-state index contributed by atoms with van der Waals surface area (Å²) >= 11 is 0. The number of hydrogen-bond acceptors (Lipinski definition) is 2. The zero-order valence-electron chi connectivity index (χ0n) is 10.3. The van der Waals surface area contributed by atoms with Crippen molar-refractivity contribution in [2.45, 2.75) is 0 Å². The van der Waals surface area contributed by atoms with Crippen molar-refractivity contribution in [3.63, 3.8) is 0 Å². The molecule has 0 aliphatic carbocycles. The van der Waals surface area contributed by atoms with Crippen molar-refractivity contribution in [1.82, 2.24) is 9.97 Å². The maximum atomic E-state index is 14.3. The first-order chi connectivity index (χ1) is 9.99. The van der Waals surface area contributed by atoms with Crippen molar-refractivity contribution < 1.29 is 23.1 Å². The number of aromatic carboxylic acids is 1. The second-order valence-corrected chi connectivity index (χ2v) is 4.33. The zero-order valence-corrected chi connectivity index (χ0v) is 10.3. The highest BCUT2D eigenvalue weighted by Gasteiger charge is 2.21. The Morgan fingerprint density at radius 2 is 1.90 bits per heavy atom. The summed E-state index contributed by atoms with van der Waals surface area (Å²) in [7, 11) is 0. The number of carboxylic acids is 1. The van der Waals surface area contributed by atoms with Gasteiger partial charge in [-0.15, -0.1) is 0 Å². The van der Waals surface area contributed by atoms with E-state index in [0.717, 1.165) is 0 Å². The van der Waals surface area contributed by atoms with Crippen molar-refractivity contribution in [2.24, 2.45) is 0 Å². The Morgan fingerprint density at radius 3 is 2.62 bits per heavy atom. The van der Waals surface area contributed by atoms with E-state index < -0.39 is 29.1 Å². The zero-order chi connectivity index (χ0) is 15.1. The fraction of sp³-hybridized carbons (Fsp3) is 0. The number of rotatable bonds is 2. The topological polar surface area (TPSA) is 66.0 Å². The summed E-state index contributed by atoms with van der Waals surface area (Å²) in [5, 5.41) is 9.40. The highest BCUT2D eigenvalue weighted by molar-refractivity contribution is 5.88. The molecule has 0 atom stereocenters. The minimum atomic E-state index is -1.73. The maximum Gasteiger partial charge on any atom is 0.357 e. The average Bonchev–Trinajstić information content (AvgIpc) is 2.91. The Balaban J connectivity index is 2.27. The fourth-order valence-electron chi connectivity index (χ4n) is 2.07. The summed E-state index contributed by atoms with van der Waals surface area (Å²) in [5.74, 6) is -5.42. The van der Waals surface area contributed by atoms with Gasteiger partial charge in [-0.05, 0) is 12.1 Å². The van der Waals surface area contributed by atoms with Crippen molar-refractivity contribution in [1.29, 1.82) is 0 Å². The molecular weight excluding hydrogens is 285 g/mol. The first-order valence-corrected chi connectivity index (χ1v) is 5.84. The van der Waals surface area contributed by atoms with Crippen LogP contribution in [-0.2, 0) is 0 Å². The molecule has 3 aromatic rings. The third-order valence-corrected chi connectivity index (χ3v) is 3.06. The molecule has 0 saturated carbocycles. The lowest BCUT2D eigenvalue weighted by molar-refractivity contribution is 0.0683. The van der Waals surface area contributed by atoms with Crippen molar-refractivity contribution >= 4 is 16.9 Å². The predicted octanol–water partition coefficient (Wildman–Crippen LogP) is 3.35. The van der Waals surface area contributed by atoms with Crippen LogP contribution in [0, 0.1) is 17.5 Å². The molecule has 2 N–H and O–H groups in total. The third-order valence-electron chi connectivity index (χ3n) is 3.06. The molecule has 0 saturated heterocycles. The molecule has 0 aliphatic rings. The third kappa shape index (κ3) is 2.03. The standard InChI is InChI=1S/C14H7F3N2O2/c15-8-5-9(19-13(11(8)17)14(20)21)7-2-1-6-3-4-18-12(6)10(7)16/h1-5,18H,(H,20,21). The van der Waals surface area contributed by atoms with E-state index in [-0.39, 0.29) is 16.8 Å². The van der Waals surface area contributed by atoms with Crippen molar-refractivity contribution in [2.75, 3.05) is 0 Å². The first kappa shape index (κ1) is 13.2. The smallest absolute Gasteiger partial charge is 0.357 e. The van der Waals surface area contributed by atoms with Gasteiger partial charge in [-0.3, -0.25) is 0 Å². The van der Waals surface area contributed by atoms with Gasteiger partial charge in [0.05, 0.1) is 11.2 Å². The molecule has 4 nitrogen and oxygen atoms in total. The first-order valence-electron chi connectivity index (χ1n) is 5.84. The van der Waals surface area contributed by atoms with Gasteiger partial charge in [0.25, 0.3) is 0 Å². The number of hydrogen-bond donors (Lipinski definition) is 2. The number of carboxylic acid groups (broad SMARTS) is 1. The minimum absolute atomic E-state index is 0.119. The van der Waals surface area contributed by atoms with Crippen LogP contribution in [0.1, 0.15) is 10.5 Å². The highest BCUT2D eigenvalue weighted by atomic mass is 19.2. The Kier molecular flexibility index (Phi) is 2.90. The van der Waals surface area contributed by atoms with E-state index in [1.54, 1.807) is 12.1 Å². The molecule has 0 bridgehead atoms. The monoisotopic (exact) mass is 292 g/mol. The van der Waals surface area contributed by atoms with Crippen LogP contribution in [0.15, 0.2) is 30.5 Å². The summed E-state index contributed by atoms with van der Waals surface area (Å²) in [6, 6.07) is 5.20. The number of fused-ring (bicyclic) bond motifs is 1. The van der Waals surface area contributed by atoms with E-state index >= 15 is 0 Å². The molecule has 0 fully saturated rings. The van der Waals surface area contributed by atoms with Crippen LogP contribution in [0.2, 0.25) is 0 Å². The van der Waals surface area contributed by atoms with E-state index in [2.05, 4.69) is 9.97 Å². The Labute approximate surface area is 115 Å². The Hall–Kier alpha value is -2.83. The molecule has 2 aromatic heterocycles. The summed E-state index contributed by atoms with van der Waals surface area (Å²) < 4.78 is 41.1. The molecule has 106 valence electrons. The molecular formula is C14H7F3N2O2. The SMILES string of the molecule is O=C(O)c1nc(-c2ccc3cc[nH]c3c2F)cc(F)c1F. The molecule has 2 heterocycles. The van der Waals surface area contributed by atoms with Crippen LogP contribution in [-0.4, -0.2) is 21.0 Å². The van der Waals surface area contributed by atoms with Gasteiger partial charge in [0.2, 0.25) is 0 Å². The number of aromatic amines is 1. The summed E-state index contributed by atoms with van der Waals surface area (Å²) in [6.45, 7) is 0. The highest BCUT2D eigenvalue weighted by Crippen LogP contribution is 2.28. The van der Waals surface area contributed by atoms with Crippen molar-refractivity contribution in [3.05, 3.63) is 53.6 Å². The lowest BCUT2D eigenvalue weighted by Crippen LogP contribution is -2.08. The van der Waals surface area contributed by atoms with Crippen LogP contribution in [0.5, 0.6) is 0 Å². The molecule has 7 heteroatoms. The lowest BCUT2D eigenvalue weighted by atomic mass is 10.1. The second kappa shape index (κ2) is 4.62. The van der Waals surface area contributed by atoms with Gasteiger partial charge in [-0.25, -0.2) is 22.9 Å². The second-order valence-electron chi connectivity index (χ2n) is 4.33. The van der Waals surface area contributed by atoms with E-state index in [9.17, 15) is 18.0 Å². The molecule has 0 spiro atoms. The molecule has 1 aromatic carbocycles. The van der Waals surface area contributed by atoms with Gasteiger partial charge in [-0.1, -0.05) is 6.07 Å². The van der Waals surface area contributed by atoms with Crippen LogP contribution >= 0.6 is 0 Å². The minimum Gasteiger partial charge on any atom is -0.476 e. The van der Waals surface area contributed by atoms with E-state index in [1.807, 2.05) is 0 Å².